The van der Waals surface area contributed by atoms with E-state index in [1.165, 1.54) is 6.20 Å². The highest BCUT2D eigenvalue weighted by Crippen LogP contribution is 2.15. The molecule has 2 aromatic heterocycles. The second-order valence-corrected chi connectivity index (χ2v) is 4.17. The molecule has 2 aromatic rings. The van der Waals surface area contributed by atoms with Crippen LogP contribution in [-0.2, 0) is 0 Å². The summed E-state index contributed by atoms with van der Waals surface area (Å²) in [6.07, 6.45) is 1.48. The first-order valence-electron chi connectivity index (χ1n) is 4.86. The lowest BCUT2D eigenvalue weighted by Gasteiger charge is -2.06. The minimum Gasteiger partial charge on any atom is -0.322 e. The van der Waals surface area contributed by atoms with Crippen molar-refractivity contribution in [2.75, 3.05) is 0 Å². The molecule has 0 bridgehead atoms. The summed E-state index contributed by atoms with van der Waals surface area (Å²) in [4.78, 5) is 8.31. The van der Waals surface area contributed by atoms with Gasteiger partial charge in [0.2, 0.25) is 4.73 Å². The van der Waals surface area contributed by atoms with Crippen LogP contribution in [0, 0.1) is 11.3 Å². The van der Waals surface area contributed by atoms with Crippen LogP contribution in [0.1, 0.15) is 24.4 Å². The molecule has 0 saturated heterocycles. The summed E-state index contributed by atoms with van der Waals surface area (Å²) in [6.45, 7) is 1.82. The van der Waals surface area contributed by atoms with Crippen LogP contribution in [0.15, 0.2) is 23.1 Å². The average Bonchev–Trinajstić information content (AvgIpc) is 2.72. The topological polar surface area (TPSA) is 93.4 Å². The molecule has 0 amide bonds. The first-order chi connectivity index (χ1) is 8.11. The molecule has 0 aromatic carbocycles. The number of hydrogen-bond donors (Lipinski definition) is 1. The van der Waals surface area contributed by atoms with E-state index in [1.54, 1.807) is 16.8 Å². The second kappa shape index (κ2) is 6.04. The van der Waals surface area contributed by atoms with Crippen LogP contribution in [0.5, 0.6) is 0 Å². The van der Waals surface area contributed by atoms with Crippen molar-refractivity contribution in [2.24, 2.45) is 5.73 Å². The van der Waals surface area contributed by atoms with E-state index in [1.807, 2.05) is 13.0 Å². The standard InChI is InChI=1S/C10H9BrN6.BrH/c1-6(13)9-15-10(11)16-17(9)8-3-2-7(4-12)5-14-8;/h2-3,5-6H,13H2,1H3;1H. The predicted octanol–water partition coefficient (Wildman–Crippen LogP) is 1.89. The third-order valence-electron chi connectivity index (χ3n) is 2.11. The zero-order chi connectivity index (χ0) is 12.4. The molecule has 0 aliphatic heterocycles. The SMILES string of the molecule is Br.CC(N)c1nc(Br)nn1-c1ccc(C#N)cn1. The van der Waals surface area contributed by atoms with Gasteiger partial charge in [0, 0.05) is 6.20 Å². The first kappa shape index (κ1) is 14.8. The Kier molecular flexibility index (Phi) is 4.95. The van der Waals surface area contributed by atoms with Gasteiger partial charge in [-0.3, -0.25) is 0 Å². The van der Waals surface area contributed by atoms with Crippen LogP contribution < -0.4 is 5.73 Å². The van der Waals surface area contributed by atoms with Gasteiger partial charge in [-0.2, -0.15) is 9.94 Å². The molecule has 0 aliphatic rings. The molecule has 1 unspecified atom stereocenters. The Morgan fingerprint density at radius 1 is 1.50 bits per heavy atom. The fourth-order valence-corrected chi connectivity index (χ4v) is 1.68. The lowest BCUT2D eigenvalue weighted by atomic mass is 10.3. The van der Waals surface area contributed by atoms with Crippen LogP contribution in [-0.4, -0.2) is 19.7 Å². The summed E-state index contributed by atoms with van der Waals surface area (Å²) < 4.78 is 2.01. The number of nitriles is 1. The van der Waals surface area contributed by atoms with Gasteiger partial charge in [-0.1, -0.05) is 0 Å². The van der Waals surface area contributed by atoms with Crippen molar-refractivity contribution in [1.29, 1.82) is 5.26 Å². The Balaban J connectivity index is 0.00000162. The van der Waals surface area contributed by atoms with Crippen LogP contribution in [0.4, 0.5) is 0 Å². The zero-order valence-corrected chi connectivity index (χ0v) is 12.7. The van der Waals surface area contributed by atoms with E-state index >= 15 is 0 Å². The van der Waals surface area contributed by atoms with E-state index in [0.29, 0.717) is 21.9 Å². The Bertz CT molecular complexity index is 569. The number of rotatable bonds is 2. The molecule has 94 valence electrons. The Morgan fingerprint density at radius 2 is 2.22 bits per heavy atom. The van der Waals surface area contributed by atoms with E-state index < -0.39 is 0 Å². The molecular weight excluding hydrogens is 364 g/mol. The van der Waals surface area contributed by atoms with E-state index in [4.69, 9.17) is 11.0 Å². The maximum absolute atomic E-state index is 8.69. The van der Waals surface area contributed by atoms with E-state index in [2.05, 4.69) is 31.0 Å². The van der Waals surface area contributed by atoms with Crippen LogP contribution in [0.3, 0.4) is 0 Å². The molecule has 0 spiro atoms. The zero-order valence-electron chi connectivity index (χ0n) is 9.41. The van der Waals surface area contributed by atoms with E-state index in [0.717, 1.165) is 0 Å². The van der Waals surface area contributed by atoms with Gasteiger partial charge in [0.25, 0.3) is 0 Å². The largest absolute Gasteiger partial charge is 0.322 e. The molecule has 8 heteroatoms. The monoisotopic (exact) mass is 372 g/mol. The smallest absolute Gasteiger partial charge is 0.218 e. The number of nitrogens with zero attached hydrogens (tertiary/aromatic N) is 5. The fraction of sp³-hybridized carbons (Fsp3) is 0.200. The maximum Gasteiger partial charge on any atom is 0.218 e. The van der Waals surface area contributed by atoms with Crippen molar-refractivity contribution in [3.8, 4) is 11.9 Å². The minimum absolute atomic E-state index is 0. The summed E-state index contributed by atoms with van der Waals surface area (Å²) in [5.41, 5.74) is 6.29. The van der Waals surface area contributed by atoms with Crippen LogP contribution >= 0.6 is 32.9 Å². The van der Waals surface area contributed by atoms with Crippen molar-refractivity contribution >= 4 is 32.9 Å². The van der Waals surface area contributed by atoms with Gasteiger partial charge in [-0.25, -0.2) is 9.97 Å². The normalized spacial score (nSPS) is 11.4. The molecule has 0 fully saturated rings. The quantitative estimate of drug-likeness (QED) is 0.867. The molecular formula is C10H10Br2N6. The summed E-state index contributed by atoms with van der Waals surface area (Å²) in [6, 6.07) is 5.12. The Labute approximate surface area is 123 Å². The summed E-state index contributed by atoms with van der Waals surface area (Å²) in [5.74, 6) is 1.18. The average molecular weight is 374 g/mol. The molecule has 0 aliphatic carbocycles. The number of hydrogen-bond acceptors (Lipinski definition) is 5. The molecule has 2 heterocycles. The van der Waals surface area contributed by atoms with Gasteiger partial charge >= 0.3 is 0 Å². The van der Waals surface area contributed by atoms with Crippen molar-refractivity contribution in [1.82, 2.24) is 19.7 Å². The lowest BCUT2D eigenvalue weighted by molar-refractivity contribution is 0.681. The minimum atomic E-state index is -0.258. The lowest BCUT2D eigenvalue weighted by Crippen LogP contribution is -2.14. The van der Waals surface area contributed by atoms with Crippen molar-refractivity contribution in [2.45, 2.75) is 13.0 Å². The van der Waals surface area contributed by atoms with E-state index in [9.17, 15) is 0 Å². The van der Waals surface area contributed by atoms with Crippen LogP contribution in [0.25, 0.3) is 5.82 Å². The van der Waals surface area contributed by atoms with Gasteiger partial charge in [-0.05, 0) is 35.0 Å². The Morgan fingerprint density at radius 3 is 2.72 bits per heavy atom. The summed E-state index contributed by atoms with van der Waals surface area (Å²) >= 11 is 3.20. The van der Waals surface area contributed by atoms with Crippen molar-refractivity contribution in [3.05, 3.63) is 34.5 Å². The Hall–Kier alpha value is -1.30. The summed E-state index contributed by atoms with van der Waals surface area (Å²) in [7, 11) is 0. The fourth-order valence-electron chi connectivity index (χ4n) is 1.34. The third-order valence-corrected chi connectivity index (χ3v) is 2.44. The summed E-state index contributed by atoms with van der Waals surface area (Å²) in [5, 5.41) is 12.8. The molecule has 0 radical (unpaired) electrons. The van der Waals surface area contributed by atoms with Gasteiger partial charge in [0.15, 0.2) is 11.6 Å². The van der Waals surface area contributed by atoms with Gasteiger partial charge in [-0.15, -0.1) is 22.1 Å². The van der Waals surface area contributed by atoms with E-state index in [-0.39, 0.29) is 23.0 Å². The number of pyridine rings is 1. The van der Waals surface area contributed by atoms with Crippen molar-refractivity contribution in [3.63, 3.8) is 0 Å². The van der Waals surface area contributed by atoms with Gasteiger partial charge in [0.1, 0.15) is 6.07 Å². The number of halogens is 2. The highest BCUT2D eigenvalue weighted by molar-refractivity contribution is 9.10. The first-order valence-corrected chi connectivity index (χ1v) is 5.65. The second-order valence-electron chi connectivity index (χ2n) is 3.46. The molecule has 2 N–H and O–H groups in total. The van der Waals surface area contributed by atoms with Crippen LogP contribution in [0.2, 0.25) is 0 Å². The highest BCUT2D eigenvalue weighted by atomic mass is 79.9. The third kappa shape index (κ3) is 2.93. The number of aromatic nitrogens is 4. The maximum atomic E-state index is 8.69. The van der Waals surface area contributed by atoms with Gasteiger partial charge < -0.3 is 5.73 Å². The highest BCUT2D eigenvalue weighted by Gasteiger charge is 2.14. The molecule has 18 heavy (non-hydrogen) atoms. The molecule has 1 atom stereocenters. The number of nitrogens with two attached hydrogens (primary N) is 1. The molecule has 0 saturated carbocycles. The molecule has 2 rings (SSSR count). The predicted molar refractivity (Wildman–Crippen MR) is 74.5 cm³/mol. The van der Waals surface area contributed by atoms with Gasteiger partial charge in [0.05, 0.1) is 11.6 Å². The van der Waals surface area contributed by atoms with Crippen molar-refractivity contribution < 1.29 is 0 Å². The molecule has 6 nitrogen and oxygen atoms in total.